The number of nitrogens with one attached hydrogen (secondary N) is 3. The highest BCUT2D eigenvalue weighted by atomic mass is 32.2. The monoisotopic (exact) mass is 408 g/mol. The third-order valence-electron chi connectivity index (χ3n) is 3.64. The second kappa shape index (κ2) is 9.81. The predicted molar refractivity (Wildman–Crippen MR) is 101 cm³/mol. The zero-order valence-corrected chi connectivity index (χ0v) is 15.9. The maximum absolute atomic E-state index is 14.1. The van der Waals surface area contributed by atoms with Gasteiger partial charge in [0.25, 0.3) is 0 Å². The number of esters is 1. The van der Waals surface area contributed by atoms with Crippen LogP contribution in [0.1, 0.15) is 23.7 Å². The smallest absolute Gasteiger partial charge is 0.340 e. The Bertz CT molecular complexity index is 891. The van der Waals surface area contributed by atoms with Crippen molar-refractivity contribution in [3.63, 3.8) is 0 Å². The topological polar surface area (TPSA) is 110 Å². The minimum absolute atomic E-state index is 0.326. The summed E-state index contributed by atoms with van der Waals surface area (Å²) in [6, 6.07) is 7.79. The summed E-state index contributed by atoms with van der Waals surface area (Å²) >= 11 is -1.86. The average molecular weight is 408 g/mol. The van der Waals surface area contributed by atoms with Crippen molar-refractivity contribution in [3.05, 3.63) is 65.5 Å². The number of halogens is 2. The van der Waals surface area contributed by atoms with Crippen LogP contribution in [0, 0.1) is 17.2 Å². The van der Waals surface area contributed by atoms with Crippen LogP contribution in [0.4, 0.5) is 20.2 Å². The lowest BCUT2D eigenvalue weighted by molar-refractivity contribution is 0.0595. The Morgan fingerprint density at radius 2 is 1.96 bits per heavy atom. The fourth-order valence-electron chi connectivity index (χ4n) is 2.11. The summed E-state index contributed by atoms with van der Waals surface area (Å²) < 4.78 is 47.2. The van der Waals surface area contributed by atoms with Gasteiger partial charge in [-0.25, -0.2) is 23.8 Å². The van der Waals surface area contributed by atoms with Crippen molar-refractivity contribution < 1.29 is 22.9 Å². The number of carbonyl (C=O) groups is 1. The van der Waals surface area contributed by atoms with Gasteiger partial charge in [0, 0.05) is 18.0 Å². The van der Waals surface area contributed by atoms with Crippen LogP contribution in [0.25, 0.3) is 0 Å². The highest BCUT2D eigenvalue weighted by molar-refractivity contribution is 7.92. The SMILES string of the molecule is CC/C(=C/Nc1ccc([S+]([O-])Nc2cc(F)c(C(=O)OC)cc2F)cc1)N=N. The molecule has 2 rings (SSSR count). The maximum Gasteiger partial charge on any atom is 0.340 e. The van der Waals surface area contributed by atoms with E-state index in [1.807, 2.05) is 6.92 Å². The van der Waals surface area contributed by atoms with Crippen LogP contribution in [-0.4, -0.2) is 17.6 Å². The quantitative estimate of drug-likeness (QED) is 0.336. The molecule has 10 heteroatoms. The van der Waals surface area contributed by atoms with E-state index in [9.17, 15) is 18.1 Å². The minimum Gasteiger partial charge on any atom is -0.588 e. The highest BCUT2D eigenvalue weighted by Gasteiger charge is 2.20. The number of anilines is 2. The Morgan fingerprint density at radius 1 is 1.29 bits per heavy atom. The first kappa shape index (κ1) is 21.3. The molecule has 0 radical (unpaired) electrons. The molecule has 0 saturated carbocycles. The second-order valence-corrected chi connectivity index (χ2v) is 6.66. The van der Waals surface area contributed by atoms with Crippen LogP contribution >= 0.6 is 0 Å². The molecule has 0 aliphatic carbocycles. The van der Waals surface area contributed by atoms with Crippen molar-refractivity contribution in [1.29, 1.82) is 5.53 Å². The number of methoxy groups -OCH3 is 1. The summed E-state index contributed by atoms with van der Waals surface area (Å²) in [4.78, 5) is 11.7. The van der Waals surface area contributed by atoms with Gasteiger partial charge in [-0.3, -0.25) is 0 Å². The molecular weight excluding hydrogens is 390 g/mol. The summed E-state index contributed by atoms with van der Waals surface area (Å²) in [5, 5.41) is 6.30. The lowest BCUT2D eigenvalue weighted by Gasteiger charge is -2.13. The Hall–Kier alpha value is -2.98. The Morgan fingerprint density at radius 3 is 2.54 bits per heavy atom. The van der Waals surface area contributed by atoms with E-state index >= 15 is 0 Å². The molecule has 7 nitrogen and oxygen atoms in total. The lowest BCUT2D eigenvalue weighted by Crippen LogP contribution is -2.15. The first-order chi connectivity index (χ1) is 13.4. The molecule has 3 N–H and O–H groups in total. The van der Waals surface area contributed by atoms with Gasteiger partial charge < -0.3 is 14.6 Å². The zero-order chi connectivity index (χ0) is 20.7. The largest absolute Gasteiger partial charge is 0.588 e. The molecule has 28 heavy (non-hydrogen) atoms. The van der Waals surface area contributed by atoms with Crippen LogP contribution in [0.3, 0.4) is 0 Å². The van der Waals surface area contributed by atoms with Crippen LogP contribution in [-0.2, 0) is 16.1 Å². The minimum atomic E-state index is -1.86. The van der Waals surface area contributed by atoms with E-state index < -0.39 is 34.5 Å². The predicted octanol–water partition coefficient (Wildman–Crippen LogP) is 4.58. The lowest BCUT2D eigenvalue weighted by atomic mass is 10.2. The molecule has 2 aromatic carbocycles. The molecule has 148 valence electrons. The molecule has 0 aliphatic rings. The van der Waals surface area contributed by atoms with Crippen molar-refractivity contribution in [2.45, 2.75) is 18.2 Å². The number of rotatable bonds is 8. The third-order valence-corrected chi connectivity index (χ3v) is 4.75. The van der Waals surface area contributed by atoms with Crippen LogP contribution in [0.15, 0.2) is 58.3 Å². The summed E-state index contributed by atoms with van der Waals surface area (Å²) in [7, 11) is 1.06. The van der Waals surface area contributed by atoms with Crippen molar-refractivity contribution >= 4 is 28.7 Å². The fraction of sp³-hybridized carbons (Fsp3) is 0.167. The fourth-order valence-corrected chi connectivity index (χ4v) is 2.96. The first-order valence-electron chi connectivity index (χ1n) is 8.08. The Balaban J connectivity index is 2.11. The van der Waals surface area contributed by atoms with Crippen molar-refractivity contribution in [3.8, 4) is 0 Å². The molecule has 0 heterocycles. The molecule has 0 amide bonds. The highest BCUT2D eigenvalue weighted by Crippen LogP contribution is 2.24. The van der Waals surface area contributed by atoms with Gasteiger partial charge in [-0.05, 0) is 36.8 Å². The number of benzene rings is 2. The van der Waals surface area contributed by atoms with Gasteiger partial charge in [0.05, 0.1) is 18.4 Å². The van der Waals surface area contributed by atoms with E-state index in [0.29, 0.717) is 28.8 Å². The molecule has 0 aliphatic heterocycles. The van der Waals surface area contributed by atoms with Gasteiger partial charge in [0.2, 0.25) is 0 Å². The van der Waals surface area contributed by atoms with Crippen molar-refractivity contribution in [2.75, 3.05) is 17.1 Å². The summed E-state index contributed by atoms with van der Waals surface area (Å²) in [5.41, 5.74) is 7.32. The summed E-state index contributed by atoms with van der Waals surface area (Å²) in [6.07, 6.45) is 2.18. The van der Waals surface area contributed by atoms with E-state index in [2.05, 4.69) is 19.9 Å². The number of ether oxygens (including phenoxy) is 1. The molecule has 0 spiro atoms. The molecule has 1 unspecified atom stereocenters. The number of hydrogen-bond acceptors (Lipinski definition) is 7. The van der Waals surface area contributed by atoms with E-state index in [1.54, 1.807) is 30.5 Å². The first-order valence-corrected chi connectivity index (χ1v) is 9.23. The zero-order valence-electron chi connectivity index (χ0n) is 15.1. The van der Waals surface area contributed by atoms with Gasteiger partial charge in [-0.2, -0.15) is 5.11 Å². The van der Waals surface area contributed by atoms with Crippen LogP contribution < -0.4 is 10.0 Å². The molecule has 1 atom stereocenters. The average Bonchev–Trinajstić information content (AvgIpc) is 2.71. The van der Waals surface area contributed by atoms with Gasteiger partial charge >= 0.3 is 5.97 Å². The Labute approximate surface area is 163 Å². The molecular formula is C18H18F2N4O3S. The van der Waals surface area contributed by atoms with E-state index in [4.69, 9.17) is 5.53 Å². The van der Waals surface area contributed by atoms with Gasteiger partial charge in [0.1, 0.15) is 22.9 Å². The van der Waals surface area contributed by atoms with Gasteiger partial charge in [0.15, 0.2) is 10.7 Å². The molecule has 0 aromatic heterocycles. The molecule has 0 saturated heterocycles. The van der Waals surface area contributed by atoms with Crippen molar-refractivity contribution in [1.82, 2.24) is 0 Å². The Kier molecular flexibility index (Phi) is 7.47. The van der Waals surface area contributed by atoms with E-state index in [1.165, 1.54) is 0 Å². The molecule has 0 bridgehead atoms. The maximum atomic E-state index is 14.1. The third kappa shape index (κ3) is 5.27. The van der Waals surface area contributed by atoms with Crippen LogP contribution in [0.5, 0.6) is 0 Å². The summed E-state index contributed by atoms with van der Waals surface area (Å²) in [6.45, 7) is 1.86. The van der Waals surface area contributed by atoms with E-state index in [0.717, 1.165) is 13.2 Å². The summed E-state index contributed by atoms with van der Waals surface area (Å²) in [5.74, 6) is -2.94. The number of hydrogen-bond donors (Lipinski definition) is 3. The number of allylic oxidation sites excluding steroid dienone is 1. The molecule has 0 fully saturated rings. The normalized spacial score (nSPS) is 12.2. The molecule has 2 aromatic rings. The van der Waals surface area contributed by atoms with Gasteiger partial charge in [-0.15, -0.1) is 0 Å². The van der Waals surface area contributed by atoms with Gasteiger partial charge in [-0.1, -0.05) is 6.92 Å². The standard InChI is InChI=1S/C18H18F2N4O3S/c1-3-11(23-21)10-22-12-4-6-13(7-5-12)28(26)24-17-9-15(19)14(8-16(17)20)18(25)27-2/h4-10,21-22,24H,3H2,1-2H3/b11-10-,23-21?. The second-order valence-electron chi connectivity index (χ2n) is 5.44. The van der Waals surface area contributed by atoms with Crippen LogP contribution in [0.2, 0.25) is 0 Å². The number of carbonyl (C=O) groups excluding carboxylic acids is 1. The van der Waals surface area contributed by atoms with E-state index in [-0.39, 0.29) is 5.69 Å². The number of nitrogens with zero attached hydrogens (tertiary/aromatic N) is 1. The van der Waals surface area contributed by atoms with Crippen molar-refractivity contribution in [2.24, 2.45) is 5.11 Å².